The van der Waals surface area contributed by atoms with Gasteiger partial charge in [-0.2, -0.15) is 0 Å². The lowest BCUT2D eigenvalue weighted by molar-refractivity contribution is 0.0103. The van der Waals surface area contributed by atoms with Crippen LogP contribution in [0.5, 0.6) is 0 Å². The molecule has 0 spiro atoms. The van der Waals surface area contributed by atoms with Crippen molar-refractivity contribution >= 4 is 11.9 Å². The predicted molar refractivity (Wildman–Crippen MR) is 100 cm³/mol. The highest BCUT2D eigenvalue weighted by Gasteiger charge is 2.33. The molecule has 0 saturated heterocycles. The Morgan fingerprint density at radius 2 is 1.44 bits per heavy atom. The van der Waals surface area contributed by atoms with Crippen molar-refractivity contribution in [3.8, 4) is 0 Å². The van der Waals surface area contributed by atoms with E-state index in [4.69, 9.17) is 9.47 Å². The van der Waals surface area contributed by atoms with Crippen LogP contribution < -0.4 is 0 Å². The largest absolute Gasteiger partial charge is 0.461 e. The van der Waals surface area contributed by atoms with Gasteiger partial charge in [0.25, 0.3) is 0 Å². The van der Waals surface area contributed by atoms with E-state index < -0.39 is 30.1 Å². The molecule has 27 heavy (non-hydrogen) atoms. The summed E-state index contributed by atoms with van der Waals surface area (Å²) < 4.78 is 10.9. The van der Waals surface area contributed by atoms with Gasteiger partial charge < -0.3 is 14.6 Å². The Bertz CT molecular complexity index is 842. The van der Waals surface area contributed by atoms with Gasteiger partial charge in [0.2, 0.25) is 0 Å². The highest BCUT2D eigenvalue weighted by molar-refractivity contribution is 5.90. The molecule has 138 valence electrons. The van der Waals surface area contributed by atoms with Crippen LogP contribution in [-0.4, -0.2) is 35.9 Å². The van der Waals surface area contributed by atoms with Crippen molar-refractivity contribution in [2.24, 2.45) is 5.92 Å². The van der Waals surface area contributed by atoms with E-state index in [-0.39, 0.29) is 6.61 Å². The third-order valence-electron chi connectivity index (χ3n) is 4.39. The normalized spacial score (nSPS) is 21.5. The second-order valence-electron chi connectivity index (χ2n) is 6.21. The van der Waals surface area contributed by atoms with Crippen molar-refractivity contribution in [1.82, 2.24) is 0 Å². The fourth-order valence-electron chi connectivity index (χ4n) is 2.82. The van der Waals surface area contributed by atoms with E-state index in [9.17, 15) is 14.7 Å². The van der Waals surface area contributed by atoms with Gasteiger partial charge in [0, 0.05) is 0 Å². The van der Waals surface area contributed by atoms with Crippen LogP contribution in [0.4, 0.5) is 0 Å². The minimum absolute atomic E-state index is 0.0549. The molecular weight excluding hydrogens is 344 g/mol. The molecule has 1 unspecified atom stereocenters. The molecule has 5 nitrogen and oxygen atoms in total. The summed E-state index contributed by atoms with van der Waals surface area (Å²) in [7, 11) is 0. The third kappa shape index (κ3) is 4.51. The number of carbonyl (C=O) groups is 2. The van der Waals surface area contributed by atoms with E-state index in [2.05, 4.69) is 6.58 Å². The summed E-state index contributed by atoms with van der Waals surface area (Å²) in [5.74, 6) is -1.51. The first-order chi connectivity index (χ1) is 13.1. The number of esters is 2. The Hall–Kier alpha value is -3.18. The van der Waals surface area contributed by atoms with E-state index in [1.54, 1.807) is 66.7 Å². The van der Waals surface area contributed by atoms with Gasteiger partial charge in [-0.1, -0.05) is 49.1 Å². The molecule has 0 heterocycles. The predicted octanol–water partition coefficient (Wildman–Crippen LogP) is 3.17. The lowest BCUT2D eigenvalue weighted by Gasteiger charge is -2.31. The van der Waals surface area contributed by atoms with Crippen LogP contribution in [0.15, 0.2) is 85.0 Å². The molecule has 2 aromatic rings. The number of hydrogen-bond acceptors (Lipinski definition) is 5. The number of benzene rings is 2. The van der Waals surface area contributed by atoms with E-state index in [1.165, 1.54) is 6.08 Å². The molecule has 3 rings (SSSR count). The molecule has 2 aromatic carbocycles. The van der Waals surface area contributed by atoms with Crippen molar-refractivity contribution in [3.05, 3.63) is 96.1 Å². The van der Waals surface area contributed by atoms with Gasteiger partial charge in [0.1, 0.15) is 12.7 Å². The van der Waals surface area contributed by atoms with Gasteiger partial charge in [0.05, 0.1) is 23.1 Å². The fourth-order valence-corrected chi connectivity index (χ4v) is 2.82. The number of hydrogen-bond donors (Lipinski definition) is 1. The van der Waals surface area contributed by atoms with Gasteiger partial charge >= 0.3 is 11.9 Å². The highest BCUT2D eigenvalue weighted by atomic mass is 16.6. The van der Waals surface area contributed by atoms with Crippen LogP contribution in [0.25, 0.3) is 0 Å². The van der Waals surface area contributed by atoms with E-state index in [0.29, 0.717) is 16.7 Å². The molecule has 0 saturated carbocycles. The Morgan fingerprint density at radius 3 is 2.04 bits per heavy atom. The molecular formula is C22H20O5. The van der Waals surface area contributed by atoms with Crippen LogP contribution in [0.2, 0.25) is 0 Å². The lowest BCUT2D eigenvalue weighted by atomic mass is 9.86. The van der Waals surface area contributed by atoms with Crippen molar-refractivity contribution in [2.45, 2.75) is 12.2 Å². The van der Waals surface area contributed by atoms with Crippen LogP contribution in [0.3, 0.4) is 0 Å². The first kappa shape index (κ1) is 18.6. The van der Waals surface area contributed by atoms with Crippen molar-refractivity contribution in [2.75, 3.05) is 6.61 Å². The van der Waals surface area contributed by atoms with Crippen molar-refractivity contribution < 1.29 is 24.2 Å². The Balaban J connectivity index is 1.70. The summed E-state index contributed by atoms with van der Waals surface area (Å²) in [5.41, 5.74) is 1.28. The SMILES string of the molecule is C=C1C(O)C=C[C@@H](OC(=O)c2ccccc2)[C@@H]1COC(=O)c1ccccc1. The average Bonchev–Trinajstić information content (AvgIpc) is 2.71. The molecule has 1 aliphatic rings. The summed E-state index contributed by atoms with van der Waals surface area (Å²) >= 11 is 0. The van der Waals surface area contributed by atoms with Crippen LogP contribution in [0, 0.1) is 5.92 Å². The standard InChI is InChI=1S/C22H20O5/c1-15-18(14-26-21(24)16-8-4-2-5-9-16)20(13-12-19(15)23)27-22(25)17-10-6-3-7-11-17/h2-13,18-20,23H,1,14H2/t18-,19?,20-/m1/s1. The zero-order valence-electron chi connectivity index (χ0n) is 14.7. The summed E-state index contributed by atoms with van der Waals surface area (Å²) in [4.78, 5) is 24.5. The maximum Gasteiger partial charge on any atom is 0.338 e. The van der Waals surface area contributed by atoms with E-state index in [1.807, 2.05) is 0 Å². The lowest BCUT2D eigenvalue weighted by Crippen LogP contribution is -2.37. The molecule has 1 N–H and O–H groups in total. The number of aliphatic hydroxyl groups is 1. The first-order valence-electron chi connectivity index (χ1n) is 8.59. The molecule has 0 aliphatic heterocycles. The number of ether oxygens (including phenoxy) is 2. The zero-order chi connectivity index (χ0) is 19.2. The Labute approximate surface area is 157 Å². The van der Waals surface area contributed by atoms with Gasteiger partial charge in [-0.05, 0) is 35.9 Å². The van der Waals surface area contributed by atoms with E-state index >= 15 is 0 Å². The maximum atomic E-state index is 12.4. The summed E-state index contributed by atoms with van der Waals surface area (Å²) in [6.45, 7) is 3.82. The van der Waals surface area contributed by atoms with Gasteiger partial charge in [-0.15, -0.1) is 0 Å². The van der Waals surface area contributed by atoms with Gasteiger partial charge in [-0.25, -0.2) is 9.59 Å². The topological polar surface area (TPSA) is 72.8 Å². The van der Waals surface area contributed by atoms with Crippen molar-refractivity contribution in [3.63, 3.8) is 0 Å². The number of carbonyl (C=O) groups excluding carboxylic acids is 2. The van der Waals surface area contributed by atoms with Gasteiger partial charge in [0.15, 0.2) is 0 Å². The molecule has 0 aromatic heterocycles. The zero-order valence-corrected chi connectivity index (χ0v) is 14.7. The average molecular weight is 364 g/mol. The molecule has 0 amide bonds. The van der Waals surface area contributed by atoms with Crippen LogP contribution in [-0.2, 0) is 9.47 Å². The third-order valence-corrected chi connectivity index (χ3v) is 4.39. The van der Waals surface area contributed by atoms with Crippen LogP contribution in [0.1, 0.15) is 20.7 Å². The molecule has 3 atom stereocenters. The first-order valence-corrected chi connectivity index (χ1v) is 8.59. The monoisotopic (exact) mass is 364 g/mol. The quantitative estimate of drug-likeness (QED) is 0.652. The summed E-state index contributed by atoms with van der Waals surface area (Å²) in [6, 6.07) is 17.2. The highest BCUT2D eigenvalue weighted by Crippen LogP contribution is 2.28. The van der Waals surface area contributed by atoms with Gasteiger partial charge in [-0.3, -0.25) is 0 Å². The molecule has 0 bridgehead atoms. The Morgan fingerprint density at radius 1 is 0.889 bits per heavy atom. The second kappa shape index (κ2) is 8.47. The minimum Gasteiger partial charge on any atom is -0.461 e. The second-order valence-corrected chi connectivity index (χ2v) is 6.21. The van der Waals surface area contributed by atoms with Crippen molar-refractivity contribution in [1.29, 1.82) is 0 Å². The fraction of sp³-hybridized carbons (Fsp3) is 0.182. The summed E-state index contributed by atoms with van der Waals surface area (Å²) in [5, 5.41) is 10.0. The number of aliphatic hydroxyl groups excluding tert-OH is 1. The smallest absolute Gasteiger partial charge is 0.338 e. The summed E-state index contributed by atoms with van der Waals surface area (Å²) in [6.07, 6.45) is 1.55. The molecule has 1 aliphatic carbocycles. The minimum atomic E-state index is -0.878. The number of rotatable bonds is 5. The maximum absolute atomic E-state index is 12.4. The molecule has 0 fully saturated rings. The van der Waals surface area contributed by atoms with E-state index in [0.717, 1.165) is 0 Å². The molecule has 0 radical (unpaired) electrons. The Kier molecular flexibility index (Phi) is 5.84. The molecule has 5 heteroatoms. The van der Waals surface area contributed by atoms with Crippen LogP contribution >= 0.6 is 0 Å².